The maximum atomic E-state index is 12.9. The third-order valence-corrected chi connectivity index (χ3v) is 5.92. The van der Waals surface area contributed by atoms with Crippen LogP contribution in [0.15, 0.2) is 42.5 Å². The summed E-state index contributed by atoms with van der Waals surface area (Å²) in [7, 11) is -3.91. The van der Waals surface area contributed by atoms with Gasteiger partial charge in [-0.3, -0.25) is 19.2 Å². The molecule has 29 heavy (non-hydrogen) atoms. The molecular weight excluding hydrogens is 418 g/mol. The predicted molar refractivity (Wildman–Crippen MR) is 113 cm³/mol. The predicted octanol–water partition coefficient (Wildman–Crippen LogP) is 3.42. The number of hydrogen-bond acceptors (Lipinski definition) is 5. The largest absolute Gasteiger partial charge is 0.350 e. The van der Waals surface area contributed by atoms with E-state index in [1.807, 2.05) is 0 Å². The Hall–Kier alpha value is -2.65. The van der Waals surface area contributed by atoms with Crippen molar-refractivity contribution >= 4 is 38.9 Å². The molecule has 1 N–H and O–H groups in total. The van der Waals surface area contributed by atoms with Gasteiger partial charge in [-0.15, -0.1) is 0 Å². The highest BCUT2D eigenvalue weighted by Crippen LogP contribution is 2.30. The number of sulfonamides is 1. The topological polar surface area (TPSA) is 110 Å². The van der Waals surface area contributed by atoms with E-state index in [9.17, 15) is 23.3 Å². The van der Waals surface area contributed by atoms with Crippen LogP contribution in [0.2, 0.25) is 5.02 Å². The number of nitrogens with one attached hydrogen (secondary N) is 1. The molecule has 0 saturated carbocycles. The van der Waals surface area contributed by atoms with E-state index in [1.54, 1.807) is 38.1 Å². The minimum absolute atomic E-state index is 0.0986. The molecule has 0 aliphatic rings. The van der Waals surface area contributed by atoms with Crippen LogP contribution >= 0.6 is 11.6 Å². The maximum absolute atomic E-state index is 12.9. The van der Waals surface area contributed by atoms with Gasteiger partial charge in [0.2, 0.25) is 15.9 Å². The fraction of sp³-hybridized carbons (Fsp3) is 0.316. The zero-order valence-corrected chi connectivity index (χ0v) is 17.8. The van der Waals surface area contributed by atoms with Crippen LogP contribution in [0.1, 0.15) is 24.5 Å². The summed E-state index contributed by atoms with van der Waals surface area (Å²) in [6.45, 7) is 3.43. The van der Waals surface area contributed by atoms with Crippen molar-refractivity contribution in [3.05, 3.63) is 68.7 Å². The number of carbonyl (C=O) groups excluding carboxylic acids is 1. The molecule has 156 valence electrons. The number of carbonyl (C=O) groups is 1. The maximum Gasteiger partial charge on any atom is 0.271 e. The molecule has 8 nitrogen and oxygen atoms in total. The van der Waals surface area contributed by atoms with Crippen LogP contribution in [0.4, 0.5) is 11.4 Å². The molecule has 0 fully saturated rings. The Morgan fingerprint density at radius 2 is 1.93 bits per heavy atom. The van der Waals surface area contributed by atoms with Crippen LogP contribution < -0.4 is 9.62 Å². The molecule has 0 aromatic heterocycles. The summed E-state index contributed by atoms with van der Waals surface area (Å²) in [5.41, 5.74) is 1.03. The quantitative estimate of drug-likeness (QED) is 0.500. The molecule has 10 heteroatoms. The van der Waals surface area contributed by atoms with Crippen LogP contribution in [0.25, 0.3) is 0 Å². The van der Waals surface area contributed by atoms with Gasteiger partial charge in [0.1, 0.15) is 6.04 Å². The van der Waals surface area contributed by atoms with Gasteiger partial charge in [0.15, 0.2) is 0 Å². The number of aryl methyl sites for hydroxylation is 1. The standard InChI is InChI=1S/C19H22ClN3O5S/c1-4-17(19(24)21-12-14-7-5-6-8-16(14)20)22(29(3,27)28)18-11-15(23(25)26)10-9-13(18)2/h5-11,17H,4,12H2,1-3H3,(H,21,24). The number of benzene rings is 2. The minimum atomic E-state index is -3.91. The Labute approximate surface area is 174 Å². The monoisotopic (exact) mass is 439 g/mol. The van der Waals surface area contributed by atoms with Gasteiger partial charge in [-0.2, -0.15) is 0 Å². The van der Waals surface area contributed by atoms with E-state index in [1.165, 1.54) is 18.2 Å². The van der Waals surface area contributed by atoms with E-state index >= 15 is 0 Å². The Bertz CT molecular complexity index is 1030. The molecule has 0 spiro atoms. The van der Waals surface area contributed by atoms with Gasteiger partial charge in [0.05, 0.1) is 16.9 Å². The number of anilines is 1. The second-order valence-electron chi connectivity index (χ2n) is 6.52. The molecule has 2 aromatic rings. The second-order valence-corrected chi connectivity index (χ2v) is 8.79. The van der Waals surface area contributed by atoms with E-state index < -0.39 is 26.9 Å². The summed E-state index contributed by atoms with van der Waals surface area (Å²) in [6, 6.07) is 9.82. The fourth-order valence-electron chi connectivity index (χ4n) is 2.93. The van der Waals surface area contributed by atoms with Gasteiger partial charge in [-0.05, 0) is 30.5 Å². The average Bonchev–Trinajstić information content (AvgIpc) is 2.64. The SMILES string of the molecule is CCC(C(=O)NCc1ccccc1Cl)N(c1cc([N+](=O)[O-])ccc1C)S(C)(=O)=O. The van der Waals surface area contributed by atoms with Gasteiger partial charge in [0.25, 0.3) is 5.69 Å². The smallest absolute Gasteiger partial charge is 0.271 e. The van der Waals surface area contributed by atoms with Gasteiger partial charge < -0.3 is 5.32 Å². The molecule has 0 aliphatic carbocycles. The Morgan fingerprint density at radius 3 is 2.48 bits per heavy atom. The zero-order valence-electron chi connectivity index (χ0n) is 16.3. The first-order chi connectivity index (χ1) is 13.6. The van der Waals surface area contributed by atoms with E-state index in [4.69, 9.17) is 11.6 Å². The zero-order chi connectivity index (χ0) is 21.8. The number of halogens is 1. The van der Waals surface area contributed by atoms with E-state index in [0.717, 1.165) is 10.6 Å². The average molecular weight is 440 g/mol. The Kier molecular flexibility index (Phi) is 7.21. The lowest BCUT2D eigenvalue weighted by atomic mass is 10.1. The number of non-ortho nitro benzene ring substituents is 1. The van der Waals surface area contributed by atoms with Crippen LogP contribution in [0.5, 0.6) is 0 Å². The second kappa shape index (κ2) is 9.23. The van der Waals surface area contributed by atoms with Crippen molar-refractivity contribution < 1.29 is 18.1 Å². The lowest BCUT2D eigenvalue weighted by Gasteiger charge is -2.31. The van der Waals surface area contributed by atoms with E-state index in [0.29, 0.717) is 16.1 Å². The van der Waals surface area contributed by atoms with Crippen LogP contribution in [0.3, 0.4) is 0 Å². The number of nitro benzene ring substituents is 1. The normalized spacial score (nSPS) is 12.3. The highest BCUT2D eigenvalue weighted by molar-refractivity contribution is 7.92. The molecule has 0 saturated heterocycles. The third kappa shape index (κ3) is 5.45. The molecule has 1 atom stereocenters. The van der Waals surface area contributed by atoms with Crippen LogP contribution in [0, 0.1) is 17.0 Å². The number of hydrogen-bond donors (Lipinski definition) is 1. The summed E-state index contributed by atoms with van der Waals surface area (Å²) >= 11 is 6.10. The third-order valence-electron chi connectivity index (χ3n) is 4.38. The molecule has 0 heterocycles. The molecule has 2 rings (SSSR count). The molecule has 0 radical (unpaired) electrons. The molecular formula is C19H22ClN3O5S. The number of rotatable bonds is 8. The van der Waals surface area contributed by atoms with E-state index in [2.05, 4.69) is 5.32 Å². The van der Waals surface area contributed by atoms with Crippen LogP contribution in [-0.2, 0) is 21.4 Å². The lowest BCUT2D eigenvalue weighted by molar-refractivity contribution is -0.384. The number of nitrogens with zero attached hydrogens (tertiary/aromatic N) is 2. The summed E-state index contributed by atoms with van der Waals surface area (Å²) < 4.78 is 26.0. The van der Waals surface area contributed by atoms with Gasteiger partial charge in [-0.25, -0.2) is 8.42 Å². The first-order valence-corrected chi connectivity index (χ1v) is 11.0. The highest BCUT2D eigenvalue weighted by atomic mass is 35.5. The van der Waals surface area contributed by atoms with Crippen molar-refractivity contribution in [1.29, 1.82) is 0 Å². The van der Waals surface area contributed by atoms with E-state index in [-0.39, 0.29) is 24.3 Å². The molecule has 0 aliphatic heterocycles. The van der Waals surface area contributed by atoms with Crippen molar-refractivity contribution in [3.8, 4) is 0 Å². The van der Waals surface area contributed by atoms with Crippen molar-refractivity contribution in [2.24, 2.45) is 0 Å². The van der Waals surface area contributed by atoms with Crippen molar-refractivity contribution in [3.63, 3.8) is 0 Å². The fourth-order valence-corrected chi connectivity index (χ4v) is 4.39. The number of nitro groups is 1. The summed E-state index contributed by atoms with van der Waals surface area (Å²) in [6.07, 6.45) is 1.14. The van der Waals surface area contributed by atoms with Crippen molar-refractivity contribution in [2.45, 2.75) is 32.9 Å². The summed E-state index contributed by atoms with van der Waals surface area (Å²) in [5, 5.41) is 14.3. The molecule has 0 bridgehead atoms. The first kappa shape index (κ1) is 22.6. The van der Waals surface area contributed by atoms with Gasteiger partial charge in [0, 0.05) is 23.7 Å². The number of amides is 1. The molecule has 1 amide bonds. The Morgan fingerprint density at radius 1 is 1.28 bits per heavy atom. The molecule has 1 unspecified atom stereocenters. The summed E-state index contributed by atoms with van der Waals surface area (Å²) in [4.78, 5) is 23.4. The van der Waals surface area contributed by atoms with Crippen LogP contribution in [-0.4, -0.2) is 31.5 Å². The van der Waals surface area contributed by atoms with Crippen molar-refractivity contribution in [1.82, 2.24) is 5.32 Å². The van der Waals surface area contributed by atoms with Gasteiger partial charge >= 0.3 is 0 Å². The Balaban J connectivity index is 2.40. The molecule has 2 aromatic carbocycles. The minimum Gasteiger partial charge on any atom is -0.350 e. The van der Waals surface area contributed by atoms with Crippen molar-refractivity contribution in [2.75, 3.05) is 10.6 Å². The summed E-state index contributed by atoms with van der Waals surface area (Å²) in [5.74, 6) is -0.524. The lowest BCUT2D eigenvalue weighted by Crippen LogP contribution is -2.49. The highest BCUT2D eigenvalue weighted by Gasteiger charge is 2.33. The van der Waals surface area contributed by atoms with Gasteiger partial charge in [-0.1, -0.05) is 42.8 Å². The first-order valence-electron chi connectivity index (χ1n) is 8.81.